The third-order valence-corrected chi connectivity index (χ3v) is 4.88. The lowest BCUT2D eigenvalue weighted by Crippen LogP contribution is -2.36. The van der Waals surface area contributed by atoms with Crippen molar-refractivity contribution < 1.29 is 9.84 Å². The summed E-state index contributed by atoms with van der Waals surface area (Å²) in [6.07, 6.45) is 10.6. The molecule has 116 valence electrons. The first-order valence-corrected chi connectivity index (χ1v) is 8.51. The molecule has 3 rings (SSSR count). The summed E-state index contributed by atoms with van der Waals surface area (Å²) in [6.45, 7) is 2.01. The van der Waals surface area contributed by atoms with Crippen molar-refractivity contribution in [1.82, 2.24) is 5.32 Å². The number of aromatic hydroxyl groups is 1. The molecule has 1 atom stereocenters. The van der Waals surface area contributed by atoms with E-state index in [2.05, 4.69) is 5.32 Å². The van der Waals surface area contributed by atoms with Gasteiger partial charge in [0, 0.05) is 6.54 Å². The maximum Gasteiger partial charge on any atom is 0.164 e. The molecule has 2 N–H and O–H groups in total. The Balaban J connectivity index is 1.45. The third kappa shape index (κ3) is 3.91. The average molecular weight is 289 g/mol. The molecule has 0 bridgehead atoms. The number of benzene rings is 1. The molecule has 0 saturated heterocycles. The highest BCUT2D eigenvalue weighted by Gasteiger charge is 2.22. The Morgan fingerprint density at radius 1 is 1.05 bits per heavy atom. The van der Waals surface area contributed by atoms with Gasteiger partial charge in [-0.3, -0.25) is 0 Å². The number of phenolic OH excluding ortho intramolecular Hbond substituents is 1. The van der Waals surface area contributed by atoms with Crippen LogP contribution in [-0.4, -0.2) is 24.3 Å². The maximum absolute atomic E-state index is 9.89. The van der Waals surface area contributed by atoms with Crippen LogP contribution in [0.15, 0.2) is 18.2 Å². The van der Waals surface area contributed by atoms with Crippen molar-refractivity contribution in [2.75, 3.05) is 13.1 Å². The Labute approximate surface area is 127 Å². The van der Waals surface area contributed by atoms with Crippen LogP contribution in [-0.2, 0) is 6.42 Å². The van der Waals surface area contributed by atoms with Crippen molar-refractivity contribution >= 4 is 0 Å². The molecular formula is C18H27NO2. The lowest BCUT2D eigenvalue weighted by molar-refractivity contribution is 0.162. The number of rotatable bonds is 4. The molecule has 0 unspecified atom stereocenters. The van der Waals surface area contributed by atoms with Gasteiger partial charge in [-0.2, -0.15) is 0 Å². The zero-order chi connectivity index (χ0) is 14.5. The normalized spacial score (nSPS) is 23.1. The van der Waals surface area contributed by atoms with Crippen molar-refractivity contribution in [3.63, 3.8) is 0 Å². The van der Waals surface area contributed by atoms with Crippen molar-refractivity contribution in [3.8, 4) is 11.5 Å². The number of ether oxygens (including phenoxy) is 1. The number of hydrogen-bond acceptors (Lipinski definition) is 3. The standard InChI is InChI=1S/C18H27NO2/c20-17-9-5-8-15-10-11-16(21-18(15)17)13-19-12-14-6-3-1-2-4-7-14/h5,8-9,14,16,19-20H,1-4,6-7,10-13H2/t16-/m1/s1. The predicted octanol–water partition coefficient (Wildman–Crippen LogP) is 3.65. The number of para-hydroxylation sites is 1. The largest absolute Gasteiger partial charge is 0.504 e. The number of nitrogens with one attached hydrogen (secondary N) is 1. The van der Waals surface area contributed by atoms with Crippen LogP contribution in [0, 0.1) is 5.92 Å². The van der Waals surface area contributed by atoms with E-state index in [1.165, 1.54) is 38.5 Å². The summed E-state index contributed by atoms with van der Waals surface area (Å²) >= 11 is 0. The SMILES string of the molecule is Oc1cccc2c1O[C@@H](CNCC1CCCCCC1)CC2. The summed E-state index contributed by atoms with van der Waals surface area (Å²) in [5.41, 5.74) is 1.13. The van der Waals surface area contributed by atoms with Crippen LogP contribution in [0.25, 0.3) is 0 Å². The molecule has 1 aromatic rings. The van der Waals surface area contributed by atoms with Gasteiger partial charge in [-0.25, -0.2) is 0 Å². The molecule has 0 amide bonds. The first kappa shape index (κ1) is 14.7. The Morgan fingerprint density at radius 2 is 1.86 bits per heavy atom. The van der Waals surface area contributed by atoms with E-state index in [0.717, 1.165) is 37.4 Å². The molecule has 1 aromatic carbocycles. The van der Waals surface area contributed by atoms with Gasteiger partial charge < -0.3 is 15.2 Å². The van der Waals surface area contributed by atoms with Crippen molar-refractivity contribution in [3.05, 3.63) is 23.8 Å². The number of phenols is 1. The molecule has 1 saturated carbocycles. The fourth-order valence-corrected chi connectivity index (χ4v) is 3.61. The minimum Gasteiger partial charge on any atom is -0.504 e. The summed E-state index contributed by atoms with van der Waals surface area (Å²) in [5.74, 6) is 1.82. The lowest BCUT2D eigenvalue weighted by atomic mass is 9.99. The van der Waals surface area contributed by atoms with E-state index < -0.39 is 0 Å². The number of hydrogen-bond donors (Lipinski definition) is 2. The van der Waals surface area contributed by atoms with E-state index in [0.29, 0.717) is 5.75 Å². The zero-order valence-corrected chi connectivity index (χ0v) is 12.8. The van der Waals surface area contributed by atoms with Gasteiger partial charge in [-0.05, 0) is 49.8 Å². The van der Waals surface area contributed by atoms with Crippen molar-refractivity contribution in [2.24, 2.45) is 5.92 Å². The molecule has 1 aliphatic carbocycles. The molecule has 21 heavy (non-hydrogen) atoms. The van der Waals surface area contributed by atoms with Gasteiger partial charge in [0.25, 0.3) is 0 Å². The summed E-state index contributed by atoms with van der Waals surface area (Å²) in [4.78, 5) is 0. The number of fused-ring (bicyclic) bond motifs is 1. The van der Waals surface area contributed by atoms with Gasteiger partial charge in [0.15, 0.2) is 11.5 Å². The van der Waals surface area contributed by atoms with E-state index in [1.807, 2.05) is 12.1 Å². The zero-order valence-electron chi connectivity index (χ0n) is 12.8. The minimum absolute atomic E-state index is 0.191. The van der Waals surface area contributed by atoms with Crippen LogP contribution in [0.1, 0.15) is 50.5 Å². The Bertz CT molecular complexity index is 453. The summed E-state index contributed by atoms with van der Waals surface area (Å²) in [7, 11) is 0. The monoisotopic (exact) mass is 289 g/mol. The van der Waals surface area contributed by atoms with E-state index in [-0.39, 0.29) is 11.9 Å². The highest BCUT2D eigenvalue weighted by atomic mass is 16.5. The first-order valence-electron chi connectivity index (χ1n) is 8.51. The highest BCUT2D eigenvalue weighted by molar-refractivity contribution is 5.46. The lowest BCUT2D eigenvalue weighted by Gasteiger charge is -2.27. The van der Waals surface area contributed by atoms with Crippen LogP contribution in [0.2, 0.25) is 0 Å². The van der Waals surface area contributed by atoms with E-state index in [9.17, 15) is 5.11 Å². The number of aryl methyl sites for hydroxylation is 1. The second-order valence-electron chi connectivity index (χ2n) is 6.56. The summed E-state index contributed by atoms with van der Waals surface area (Å²) in [6, 6.07) is 5.65. The molecule has 0 radical (unpaired) electrons. The van der Waals surface area contributed by atoms with Crippen LogP contribution in [0.3, 0.4) is 0 Å². The van der Waals surface area contributed by atoms with Crippen molar-refractivity contribution in [2.45, 2.75) is 57.5 Å². The molecule has 1 aliphatic heterocycles. The van der Waals surface area contributed by atoms with Crippen molar-refractivity contribution in [1.29, 1.82) is 0 Å². The Morgan fingerprint density at radius 3 is 2.67 bits per heavy atom. The van der Waals surface area contributed by atoms with Crippen LogP contribution < -0.4 is 10.1 Å². The quantitative estimate of drug-likeness (QED) is 0.831. The topological polar surface area (TPSA) is 41.5 Å². The molecule has 2 aliphatic rings. The third-order valence-electron chi connectivity index (χ3n) is 4.88. The van der Waals surface area contributed by atoms with Crippen LogP contribution in [0.5, 0.6) is 11.5 Å². The Hall–Kier alpha value is -1.22. The first-order chi connectivity index (χ1) is 10.3. The van der Waals surface area contributed by atoms with E-state index in [4.69, 9.17) is 4.74 Å². The molecule has 1 heterocycles. The van der Waals surface area contributed by atoms with Crippen LogP contribution in [0.4, 0.5) is 0 Å². The van der Waals surface area contributed by atoms with Gasteiger partial charge in [0.05, 0.1) is 0 Å². The smallest absolute Gasteiger partial charge is 0.164 e. The van der Waals surface area contributed by atoms with E-state index >= 15 is 0 Å². The van der Waals surface area contributed by atoms with Gasteiger partial charge in [-0.15, -0.1) is 0 Å². The summed E-state index contributed by atoms with van der Waals surface area (Å²) in [5, 5.41) is 13.5. The van der Waals surface area contributed by atoms with E-state index in [1.54, 1.807) is 6.07 Å². The van der Waals surface area contributed by atoms with Crippen LogP contribution >= 0.6 is 0 Å². The fraction of sp³-hybridized carbons (Fsp3) is 0.667. The highest BCUT2D eigenvalue weighted by Crippen LogP contribution is 2.35. The van der Waals surface area contributed by atoms with Gasteiger partial charge in [0.2, 0.25) is 0 Å². The predicted molar refractivity (Wildman–Crippen MR) is 84.9 cm³/mol. The van der Waals surface area contributed by atoms with Gasteiger partial charge >= 0.3 is 0 Å². The molecule has 3 heteroatoms. The molecule has 1 fully saturated rings. The molecule has 3 nitrogen and oxygen atoms in total. The molecular weight excluding hydrogens is 262 g/mol. The summed E-state index contributed by atoms with van der Waals surface area (Å²) < 4.78 is 5.96. The van der Waals surface area contributed by atoms with Gasteiger partial charge in [-0.1, -0.05) is 37.8 Å². The van der Waals surface area contributed by atoms with Gasteiger partial charge in [0.1, 0.15) is 6.10 Å². The molecule has 0 aromatic heterocycles. The fourth-order valence-electron chi connectivity index (χ4n) is 3.61. The Kier molecular flexibility index (Phi) is 5.02. The second kappa shape index (κ2) is 7.17. The average Bonchev–Trinajstić information content (AvgIpc) is 2.77. The maximum atomic E-state index is 9.89. The minimum atomic E-state index is 0.191. The second-order valence-corrected chi connectivity index (χ2v) is 6.56. The molecule has 0 spiro atoms.